The molecule has 10 heteroatoms. The summed E-state index contributed by atoms with van der Waals surface area (Å²) in [6, 6.07) is 0. The number of carbonyl (C=O) groups excluding carboxylic acids is 2. The maximum absolute atomic E-state index is 12.5. The van der Waals surface area contributed by atoms with Crippen molar-refractivity contribution in [3.8, 4) is 0 Å². The van der Waals surface area contributed by atoms with Gasteiger partial charge in [0, 0.05) is 12.8 Å². The lowest BCUT2D eigenvalue weighted by atomic mass is 10.1. The number of unbranched alkanes of at least 4 members (excludes halogenated alkanes) is 15. The van der Waals surface area contributed by atoms with Crippen LogP contribution in [0, 0.1) is 0 Å². The maximum Gasteiger partial charge on any atom is 0.472 e. The summed E-state index contributed by atoms with van der Waals surface area (Å²) in [5.41, 5.74) is 0. The van der Waals surface area contributed by atoms with Crippen molar-refractivity contribution in [2.45, 2.75) is 148 Å². The molecule has 44 heavy (non-hydrogen) atoms. The highest BCUT2D eigenvalue weighted by molar-refractivity contribution is 7.47. The van der Waals surface area contributed by atoms with Crippen LogP contribution in [-0.2, 0) is 32.7 Å². The fourth-order valence-corrected chi connectivity index (χ4v) is 5.20. The van der Waals surface area contributed by atoms with Crippen LogP contribution in [-0.4, -0.2) is 74.9 Å². The highest BCUT2D eigenvalue weighted by Gasteiger charge is 2.27. The van der Waals surface area contributed by atoms with Crippen LogP contribution in [0.25, 0.3) is 0 Å². The molecule has 0 aromatic rings. The number of nitrogens with zero attached hydrogens (tertiary/aromatic N) is 1. The predicted molar refractivity (Wildman–Crippen MR) is 178 cm³/mol. The van der Waals surface area contributed by atoms with Crippen molar-refractivity contribution in [3.63, 3.8) is 0 Å². The Morgan fingerprint density at radius 1 is 0.682 bits per heavy atom. The quantitative estimate of drug-likeness (QED) is 0.0262. The lowest BCUT2D eigenvalue weighted by Gasteiger charge is -2.24. The molecule has 0 saturated heterocycles. The number of phosphoric acid groups is 1. The molecule has 2 atom stereocenters. The van der Waals surface area contributed by atoms with Gasteiger partial charge >= 0.3 is 19.8 Å². The van der Waals surface area contributed by atoms with Crippen LogP contribution in [0.15, 0.2) is 12.2 Å². The Labute approximate surface area is 269 Å². The first-order valence-corrected chi connectivity index (χ1v) is 18.9. The molecule has 0 aliphatic rings. The number of likely N-dealkylation sites (N-methyl/N-ethyl adjacent to an activating group) is 1. The molecule has 9 nitrogen and oxygen atoms in total. The second kappa shape index (κ2) is 28.0. The van der Waals surface area contributed by atoms with Gasteiger partial charge in [0.05, 0.1) is 27.7 Å². The Bertz CT molecular complexity index is 784. The summed E-state index contributed by atoms with van der Waals surface area (Å²) in [5.74, 6) is -0.813. The summed E-state index contributed by atoms with van der Waals surface area (Å²) in [5, 5.41) is 0. The van der Waals surface area contributed by atoms with E-state index in [2.05, 4.69) is 26.0 Å². The molecular formula is C34H67NO8P+. The SMILES string of the molecule is CCCC/C=C\CCCCCCCC(=O)O[C@H](COC(=O)CCCCCCCCCCC)COP(=O)(O)OCC[N+](C)(C)C. The van der Waals surface area contributed by atoms with Gasteiger partial charge in [0.25, 0.3) is 0 Å². The minimum absolute atomic E-state index is 0.0323. The standard InChI is InChI=1S/C34H66NO8P/c1-6-8-10-12-14-16-17-19-21-23-25-27-34(37)43-32(31-42-44(38,39)41-29-28-35(3,4)5)30-40-33(36)26-24-22-20-18-15-13-11-9-7-2/h12,14,32H,6-11,13,15-31H2,1-5H3/p+1/b14-12-/t32-/m1/s1. The molecule has 0 radical (unpaired) electrons. The van der Waals surface area contributed by atoms with E-state index in [-0.39, 0.29) is 25.6 Å². The molecule has 0 saturated carbocycles. The van der Waals surface area contributed by atoms with E-state index >= 15 is 0 Å². The average Bonchev–Trinajstić information content (AvgIpc) is 2.95. The Kier molecular flexibility index (Phi) is 27.2. The fourth-order valence-electron chi connectivity index (χ4n) is 4.46. The molecule has 0 rings (SSSR count). The molecule has 0 spiro atoms. The first-order chi connectivity index (χ1) is 21.0. The third-order valence-corrected chi connectivity index (χ3v) is 8.28. The molecule has 0 aliphatic heterocycles. The summed E-state index contributed by atoms with van der Waals surface area (Å²) in [6.07, 6.45) is 24.1. The average molecular weight is 649 g/mol. The van der Waals surface area contributed by atoms with E-state index in [1.807, 2.05) is 21.1 Å². The maximum atomic E-state index is 12.5. The number of ether oxygens (including phenoxy) is 2. The van der Waals surface area contributed by atoms with Gasteiger partial charge in [-0.15, -0.1) is 0 Å². The zero-order valence-electron chi connectivity index (χ0n) is 28.9. The van der Waals surface area contributed by atoms with Crippen LogP contribution in [0.3, 0.4) is 0 Å². The second-order valence-corrected chi connectivity index (χ2v) is 14.4. The molecule has 0 fully saturated rings. The zero-order chi connectivity index (χ0) is 32.9. The first kappa shape index (κ1) is 42.8. The third-order valence-electron chi connectivity index (χ3n) is 7.30. The van der Waals surface area contributed by atoms with Gasteiger partial charge in [-0.25, -0.2) is 4.57 Å². The van der Waals surface area contributed by atoms with Crippen LogP contribution in [0.5, 0.6) is 0 Å². The molecule has 1 unspecified atom stereocenters. The number of allylic oxidation sites excluding steroid dienone is 2. The third kappa shape index (κ3) is 30.8. The Balaban J connectivity index is 4.51. The lowest BCUT2D eigenvalue weighted by molar-refractivity contribution is -0.870. The summed E-state index contributed by atoms with van der Waals surface area (Å²) >= 11 is 0. The van der Waals surface area contributed by atoms with E-state index < -0.39 is 26.5 Å². The highest BCUT2D eigenvalue weighted by Crippen LogP contribution is 2.43. The van der Waals surface area contributed by atoms with Crippen molar-refractivity contribution in [3.05, 3.63) is 12.2 Å². The van der Waals surface area contributed by atoms with E-state index in [1.165, 1.54) is 51.4 Å². The van der Waals surface area contributed by atoms with Crippen LogP contribution in [0.2, 0.25) is 0 Å². The molecule has 0 aromatic heterocycles. The van der Waals surface area contributed by atoms with E-state index in [0.717, 1.165) is 57.8 Å². The fraction of sp³-hybridized carbons (Fsp3) is 0.882. The largest absolute Gasteiger partial charge is 0.472 e. The van der Waals surface area contributed by atoms with Crippen molar-refractivity contribution in [2.75, 3.05) is 47.5 Å². The first-order valence-electron chi connectivity index (χ1n) is 17.4. The summed E-state index contributed by atoms with van der Waals surface area (Å²) < 4.78 is 34.0. The monoisotopic (exact) mass is 648 g/mol. The molecule has 0 heterocycles. The molecule has 0 bridgehead atoms. The molecular weight excluding hydrogens is 581 g/mol. The number of carbonyl (C=O) groups is 2. The highest BCUT2D eigenvalue weighted by atomic mass is 31.2. The van der Waals surface area contributed by atoms with Crippen LogP contribution in [0.4, 0.5) is 0 Å². The smallest absolute Gasteiger partial charge is 0.462 e. The number of quaternary nitrogens is 1. The topological polar surface area (TPSA) is 108 Å². The summed E-state index contributed by atoms with van der Waals surface area (Å²) in [4.78, 5) is 34.9. The van der Waals surface area contributed by atoms with E-state index in [1.54, 1.807) is 0 Å². The second-order valence-electron chi connectivity index (χ2n) is 12.9. The summed E-state index contributed by atoms with van der Waals surface area (Å²) in [6.45, 7) is 4.32. The van der Waals surface area contributed by atoms with E-state index in [0.29, 0.717) is 23.9 Å². The van der Waals surface area contributed by atoms with Gasteiger partial charge in [0.2, 0.25) is 0 Å². The van der Waals surface area contributed by atoms with Gasteiger partial charge < -0.3 is 18.9 Å². The molecule has 1 N–H and O–H groups in total. The predicted octanol–water partition coefficient (Wildman–Crippen LogP) is 8.68. The zero-order valence-corrected chi connectivity index (χ0v) is 29.8. The number of phosphoric ester groups is 1. The number of hydrogen-bond donors (Lipinski definition) is 1. The van der Waals surface area contributed by atoms with Crippen molar-refractivity contribution < 1.29 is 42.1 Å². The van der Waals surface area contributed by atoms with Crippen molar-refractivity contribution in [1.29, 1.82) is 0 Å². The number of rotatable bonds is 31. The molecule has 0 aromatic carbocycles. The van der Waals surface area contributed by atoms with Gasteiger partial charge in [0.15, 0.2) is 6.10 Å². The molecule has 0 amide bonds. The Morgan fingerprint density at radius 2 is 1.18 bits per heavy atom. The van der Waals surface area contributed by atoms with Crippen molar-refractivity contribution in [2.24, 2.45) is 0 Å². The molecule has 0 aliphatic carbocycles. The van der Waals surface area contributed by atoms with Gasteiger partial charge in [-0.3, -0.25) is 18.6 Å². The minimum atomic E-state index is -4.36. The molecule has 260 valence electrons. The normalized spacial score (nSPS) is 14.0. The Hall–Kier alpha value is -1.25. The van der Waals surface area contributed by atoms with Crippen molar-refractivity contribution >= 4 is 19.8 Å². The van der Waals surface area contributed by atoms with Gasteiger partial charge in [-0.1, -0.05) is 109 Å². The lowest BCUT2D eigenvalue weighted by Crippen LogP contribution is -2.37. The van der Waals surface area contributed by atoms with Crippen molar-refractivity contribution in [1.82, 2.24) is 0 Å². The summed E-state index contributed by atoms with van der Waals surface area (Å²) in [7, 11) is 1.47. The van der Waals surface area contributed by atoms with Crippen LogP contribution in [0.1, 0.15) is 142 Å². The van der Waals surface area contributed by atoms with Crippen LogP contribution >= 0.6 is 7.82 Å². The van der Waals surface area contributed by atoms with E-state index in [9.17, 15) is 19.0 Å². The number of esters is 2. The Morgan fingerprint density at radius 3 is 1.75 bits per heavy atom. The van der Waals surface area contributed by atoms with Crippen LogP contribution < -0.4 is 0 Å². The number of hydrogen-bond acceptors (Lipinski definition) is 7. The van der Waals surface area contributed by atoms with Gasteiger partial charge in [-0.05, 0) is 32.1 Å². The minimum Gasteiger partial charge on any atom is -0.462 e. The van der Waals surface area contributed by atoms with Gasteiger partial charge in [0.1, 0.15) is 19.8 Å². The van der Waals surface area contributed by atoms with Gasteiger partial charge in [-0.2, -0.15) is 0 Å². The van der Waals surface area contributed by atoms with E-state index in [4.69, 9.17) is 18.5 Å².